The van der Waals surface area contributed by atoms with Crippen LogP contribution in [0.1, 0.15) is 48.0 Å². The number of sulfone groups is 1. The maximum atomic E-state index is 13.1. The number of likely N-dealkylation sites (tertiary alicyclic amines) is 1. The average molecular weight is 538 g/mol. The Morgan fingerprint density at radius 2 is 1.78 bits per heavy atom. The highest BCUT2D eigenvalue weighted by atomic mass is 32.2. The molecule has 0 unspecified atom stereocenters. The molecule has 198 valence electrons. The molecule has 8 nitrogen and oxygen atoms in total. The van der Waals surface area contributed by atoms with Crippen LogP contribution in [-0.2, 0) is 15.6 Å². The lowest BCUT2D eigenvalue weighted by Crippen LogP contribution is -2.46. The Kier molecular flexibility index (Phi) is 7.43. The quantitative estimate of drug-likeness (QED) is 0.475. The third kappa shape index (κ3) is 6.37. The summed E-state index contributed by atoms with van der Waals surface area (Å²) < 4.78 is 63.3. The van der Waals surface area contributed by atoms with Crippen LogP contribution in [-0.4, -0.2) is 59.2 Å². The molecule has 3 aromatic rings. The van der Waals surface area contributed by atoms with E-state index in [4.69, 9.17) is 0 Å². The second-order valence-corrected chi connectivity index (χ2v) is 11.3. The largest absolute Gasteiger partial charge is 0.390 e. The molecule has 0 atom stereocenters. The summed E-state index contributed by atoms with van der Waals surface area (Å²) in [7, 11) is -3.85. The SMILES string of the molecule is O=C(c1ccc(CS(=O)(=O)c2cccc3c(=O)[nH]cnc23)cc1)N1CCC(O)(CCCC(F)(F)F)CC1. The summed E-state index contributed by atoms with van der Waals surface area (Å²) in [6.45, 7) is 0.426. The number of carbonyl (C=O) groups is 1. The van der Waals surface area contributed by atoms with E-state index in [9.17, 15) is 36.3 Å². The predicted octanol–water partition coefficient (Wildman–Crippen LogP) is 3.60. The van der Waals surface area contributed by atoms with Crippen molar-refractivity contribution >= 4 is 26.6 Å². The molecule has 1 aliphatic heterocycles. The molecule has 37 heavy (non-hydrogen) atoms. The molecular formula is C25H26F3N3O5S. The fourth-order valence-electron chi connectivity index (χ4n) is 4.54. The zero-order valence-electron chi connectivity index (χ0n) is 19.8. The van der Waals surface area contributed by atoms with Gasteiger partial charge < -0.3 is 15.0 Å². The fourth-order valence-corrected chi connectivity index (χ4v) is 6.07. The van der Waals surface area contributed by atoms with Gasteiger partial charge in [0, 0.05) is 25.1 Å². The van der Waals surface area contributed by atoms with Gasteiger partial charge in [-0.3, -0.25) is 9.59 Å². The number of para-hydroxylation sites is 1. The van der Waals surface area contributed by atoms with Crippen molar-refractivity contribution in [2.24, 2.45) is 0 Å². The van der Waals surface area contributed by atoms with E-state index in [0.717, 1.165) is 6.33 Å². The van der Waals surface area contributed by atoms with Crippen molar-refractivity contribution in [2.45, 2.75) is 54.5 Å². The number of H-pyrrole nitrogens is 1. The third-order valence-electron chi connectivity index (χ3n) is 6.61. The number of aliphatic hydroxyl groups is 1. The highest BCUT2D eigenvalue weighted by Gasteiger charge is 2.35. The van der Waals surface area contributed by atoms with E-state index in [-0.39, 0.29) is 66.2 Å². The zero-order chi connectivity index (χ0) is 26.8. The number of carbonyl (C=O) groups excluding carboxylic acids is 1. The van der Waals surface area contributed by atoms with Crippen LogP contribution < -0.4 is 5.56 Å². The smallest absolute Gasteiger partial charge is 0.389 e. The van der Waals surface area contributed by atoms with Gasteiger partial charge in [0.15, 0.2) is 9.84 Å². The molecule has 2 heterocycles. The topological polar surface area (TPSA) is 120 Å². The van der Waals surface area contributed by atoms with E-state index >= 15 is 0 Å². The van der Waals surface area contributed by atoms with Gasteiger partial charge in [0.05, 0.1) is 33.5 Å². The van der Waals surface area contributed by atoms with Crippen LogP contribution in [0.4, 0.5) is 13.2 Å². The standard InChI is InChI=1S/C25H26F3N3O5S/c26-25(27,28)10-2-9-24(34)11-13-31(14-12-24)23(33)18-7-5-17(6-8-18)15-37(35,36)20-4-1-3-19-21(20)29-16-30-22(19)32/h1,3-8,16,34H,2,9-15H2,(H,29,30,32). The number of rotatable bonds is 7. The summed E-state index contributed by atoms with van der Waals surface area (Å²) in [6, 6.07) is 10.5. The highest BCUT2D eigenvalue weighted by molar-refractivity contribution is 7.90. The minimum Gasteiger partial charge on any atom is -0.390 e. The number of fused-ring (bicyclic) bond motifs is 1. The van der Waals surface area contributed by atoms with E-state index in [1.54, 1.807) is 0 Å². The lowest BCUT2D eigenvalue weighted by Gasteiger charge is -2.38. The molecule has 1 amide bonds. The zero-order valence-corrected chi connectivity index (χ0v) is 20.6. The normalized spacial score (nSPS) is 16.2. The highest BCUT2D eigenvalue weighted by Crippen LogP contribution is 2.31. The predicted molar refractivity (Wildman–Crippen MR) is 130 cm³/mol. The monoisotopic (exact) mass is 537 g/mol. The van der Waals surface area contributed by atoms with E-state index < -0.39 is 33.6 Å². The van der Waals surface area contributed by atoms with Crippen molar-refractivity contribution in [1.29, 1.82) is 0 Å². The van der Waals surface area contributed by atoms with Crippen LogP contribution in [0.25, 0.3) is 10.9 Å². The summed E-state index contributed by atoms with van der Waals surface area (Å²) in [5.41, 5.74) is -0.802. The molecule has 0 radical (unpaired) electrons. The van der Waals surface area contributed by atoms with Crippen LogP contribution in [0.3, 0.4) is 0 Å². The summed E-state index contributed by atoms with van der Waals surface area (Å²) >= 11 is 0. The Morgan fingerprint density at radius 1 is 1.11 bits per heavy atom. The first-order valence-corrected chi connectivity index (χ1v) is 13.4. The van der Waals surface area contributed by atoms with Crippen molar-refractivity contribution in [3.63, 3.8) is 0 Å². The molecule has 1 saturated heterocycles. The minimum atomic E-state index is -4.26. The molecule has 1 fully saturated rings. The van der Waals surface area contributed by atoms with Crippen LogP contribution in [0, 0.1) is 0 Å². The molecular weight excluding hydrogens is 511 g/mol. The molecule has 2 N–H and O–H groups in total. The first kappa shape index (κ1) is 26.8. The van der Waals surface area contributed by atoms with Gasteiger partial charge in [-0.25, -0.2) is 13.4 Å². The van der Waals surface area contributed by atoms with Gasteiger partial charge in [-0.1, -0.05) is 18.2 Å². The lowest BCUT2D eigenvalue weighted by atomic mass is 9.86. The molecule has 1 aromatic heterocycles. The van der Waals surface area contributed by atoms with Crippen molar-refractivity contribution in [1.82, 2.24) is 14.9 Å². The summed E-state index contributed by atoms with van der Waals surface area (Å²) in [5.74, 6) is -0.659. The third-order valence-corrected chi connectivity index (χ3v) is 8.32. The maximum Gasteiger partial charge on any atom is 0.389 e. The van der Waals surface area contributed by atoms with Gasteiger partial charge in [-0.2, -0.15) is 13.2 Å². The molecule has 0 saturated carbocycles. The van der Waals surface area contributed by atoms with Crippen LogP contribution in [0.2, 0.25) is 0 Å². The average Bonchev–Trinajstić information content (AvgIpc) is 2.83. The first-order chi connectivity index (χ1) is 17.4. The van der Waals surface area contributed by atoms with Crippen molar-refractivity contribution in [2.75, 3.05) is 13.1 Å². The number of amides is 1. The van der Waals surface area contributed by atoms with Crippen molar-refractivity contribution in [3.05, 3.63) is 70.3 Å². The molecule has 4 rings (SSSR count). The number of benzene rings is 2. The minimum absolute atomic E-state index is 0.0261. The number of piperidine rings is 1. The number of alkyl halides is 3. The van der Waals surface area contributed by atoms with Gasteiger partial charge in [0.1, 0.15) is 0 Å². The van der Waals surface area contributed by atoms with Gasteiger partial charge in [0.2, 0.25) is 0 Å². The molecule has 0 bridgehead atoms. The Labute approximate surface area is 211 Å². The molecule has 0 spiro atoms. The van der Waals surface area contributed by atoms with Gasteiger partial charge in [0.25, 0.3) is 11.5 Å². The van der Waals surface area contributed by atoms with E-state index in [0.29, 0.717) is 11.1 Å². The van der Waals surface area contributed by atoms with E-state index in [1.165, 1.54) is 47.4 Å². The molecule has 0 aliphatic carbocycles. The van der Waals surface area contributed by atoms with Gasteiger partial charge >= 0.3 is 6.18 Å². The molecule has 2 aromatic carbocycles. The lowest BCUT2D eigenvalue weighted by molar-refractivity contribution is -0.138. The second kappa shape index (κ2) is 10.3. The van der Waals surface area contributed by atoms with Gasteiger partial charge in [-0.05, 0) is 55.5 Å². The van der Waals surface area contributed by atoms with Crippen LogP contribution in [0.15, 0.2) is 58.5 Å². The number of halogens is 3. The number of aromatic amines is 1. The molecule has 12 heteroatoms. The van der Waals surface area contributed by atoms with E-state index in [2.05, 4.69) is 9.97 Å². The summed E-state index contributed by atoms with van der Waals surface area (Å²) in [4.78, 5) is 32.8. The first-order valence-electron chi connectivity index (χ1n) is 11.7. The maximum absolute atomic E-state index is 13.1. The van der Waals surface area contributed by atoms with E-state index in [1.807, 2.05) is 0 Å². The number of nitrogens with one attached hydrogen (secondary N) is 1. The van der Waals surface area contributed by atoms with Crippen molar-refractivity contribution < 1.29 is 31.5 Å². The second-order valence-electron chi connectivity index (χ2n) is 9.33. The van der Waals surface area contributed by atoms with Crippen molar-refractivity contribution in [3.8, 4) is 0 Å². The summed E-state index contributed by atoms with van der Waals surface area (Å²) in [6.07, 6.45) is -3.82. The number of nitrogens with zero attached hydrogens (tertiary/aromatic N) is 2. The Bertz CT molecular complexity index is 1440. The molecule has 1 aliphatic rings. The Hall–Kier alpha value is -3.25. The number of hydrogen-bond acceptors (Lipinski definition) is 6. The van der Waals surface area contributed by atoms with Gasteiger partial charge in [-0.15, -0.1) is 0 Å². The van der Waals surface area contributed by atoms with Crippen LogP contribution >= 0.6 is 0 Å². The fraction of sp³-hybridized carbons (Fsp3) is 0.400. The van der Waals surface area contributed by atoms with Crippen LogP contribution in [0.5, 0.6) is 0 Å². The Morgan fingerprint density at radius 3 is 2.43 bits per heavy atom. The summed E-state index contributed by atoms with van der Waals surface area (Å²) in [5, 5.41) is 10.7. The number of hydrogen-bond donors (Lipinski definition) is 2. The number of aromatic nitrogens is 2. The Balaban J connectivity index is 1.39.